The second-order valence-electron chi connectivity index (χ2n) is 4.20. The van der Waals surface area contributed by atoms with Crippen LogP contribution in [0.4, 0.5) is 5.82 Å². The predicted octanol–water partition coefficient (Wildman–Crippen LogP) is 0.822. The van der Waals surface area contributed by atoms with Gasteiger partial charge in [-0.15, -0.1) is 0 Å². The minimum absolute atomic E-state index is 0.199. The van der Waals surface area contributed by atoms with Gasteiger partial charge in [-0.05, 0) is 13.8 Å². The average molecular weight is 263 g/mol. The Morgan fingerprint density at radius 2 is 2.32 bits per heavy atom. The zero-order chi connectivity index (χ0) is 13.8. The third kappa shape index (κ3) is 2.98. The van der Waals surface area contributed by atoms with Gasteiger partial charge in [0.1, 0.15) is 12.1 Å². The van der Waals surface area contributed by atoms with Crippen molar-refractivity contribution >= 4 is 17.6 Å². The molecule has 102 valence electrons. The Balaban J connectivity index is 2.14. The van der Waals surface area contributed by atoms with Crippen LogP contribution in [0, 0.1) is 6.92 Å². The van der Waals surface area contributed by atoms with Gasteiger partial charge in [-0.1, -0.05) is 0 Å². The zero-order valence-corrected chi connectivity index (χ0v) is 11.3. The first-order chi connectivity index (χ1) is 9.11. The van der Waals surface area contributed by atoms with Gasteiger partial charge in [-0.3, -0.25) is 4.79 Å². The number of rotatable bonds is 5. The summed E-state index contributed by atoms with van der Waals surface area (Å²) in [6, 6.07) is 1.91. The van der Waals surface area contributed by atoms with Gasteiger partial charge in [0.05, 0.1) is 13.0 Å². The van der Waals surface area contributed by atoms with Crippen molar-refractivity contribution in [2.24, 2.45) is 0 Å². The zero-order valence-electron chi connectivity index (χ0n) is 11.3. The van der Waals surface area contributed by atoms with Gasteiger partial charge in [-0.2, -0.15) is 14.6 Å². The number of fused-ring (bicyclic) bond motifs is 1. The molecule has 0 radical (unpaired) electrons. The quantitative estimate of drug-likeness (QED) is 0.744. The Morgan fingerprint density at radius 1 is 1.53 bits per heavy atom. The highest BCUT2D eigenvalue weighted by Gasteiger charge is 2.11. The number of aryl methyl sites for hydroxylation is 1. The second kappa shape index (κ2) is 5.64. The first-order valence-corrected chi connectivity index (χ1v) is 6.16. The van der Waals surface area contributed by atoms with Crippen LogP contribution in [-0.4, -0.2) is 45.8 Å². The second-order valence-corrected chi connectivity index (χ2v) is 4.20. The van der Waals surface area contributed by atoms with Crippen molar-refractivity contribution in [2.75, 3.05) is 25.1 Å². The molecule has 0 N–H and O–H groups in total. The third-order valence-corrected chi connectivity index (χ3v) is 2.71. The molecule has 0 aliphatic rings. The Labute approximate surface area is 111 Å². The van der Waals surface area contributed by atoms with E-state index in [9.17, 15) is 4.79 Å². The number of hydrogen-bond acceptors (Lipinski definition) is 6. The van der Waals surface area contributed by atoms with Gasteiger partial charge in [0.2, 0.25) is 0 Å². The van der Waals surface area contributed by atoms with Crippen molar-refractivity contribution in [1.29, 1.82) is 0 Å². The molecule has 0 fully saturated rings. The molecule has 0 saturated carbocycles. The lowest BCUT2D eigenvalue weighted by Gasteiger charge is -2.19. The van der Waals surface area contributed by atoms with Gasteiger partial charge in [0, 0.05) is 25.4 Å². The van der Waals surface area contributed by atoms with Crippen molar-refractivity contribution in [1.82, 2.24) is 19.6 Å². The minimum atomic E-state index is -0.199. The summed E-state index contributed by atoms with van der Waals surface area (Å²) in [4.78, 5) is 21.6. The van der Waals surface area contributed by atoms with Gasteiger partial charge in [-0.25, -0.2) is 4.98 Å². The van der Waals surface area contributed by atoms with Gasteiger partial charge < -0.3 is 9.64 Å². The first kappa shape index (κ1) is 13.3. The fourth-order valence-corrected chi connectivity index (χ4v) is 1.79. The molecule has 0 saturated heterocycles. The molecular formula is C12H17N5O2. The van der Waals surface area contributed by atoms with Crippen LogP contribution in [0.15, 0.2) is 12.4 Å². The lowest BCUT2D eigenvalue weighted by atomic mass is 10.3. The summed E-state index contributed by atoms with van der Waals surface area (Å²) in [7, 11) is 1.90. The van der Waals surface area contributed by atoms with Gasteiger partial charge >= 0.3 is 5.97 Å². The van der Waals surface area contributed by atoms with E-state index in [0.717, 1.165) is 11.5 Å². The van der Waals surface area contributed by atoms with Crippen LogP contribution < -0.4 is 4.90 Å². The summed E-state index contributed by atoms with van der Waals surface area (Å²) in [6.07, 6.45) is 1.80. The molecule has 0 amide bonds. The van der Waals surface area contributed by atoms with Crippen molar-refractivity contribution in [3.05, 3.63) is 18.1 Å². The molecule has 0 unspecified atom stereocenters. The predicted molar refractivity (Wildman–Crippen MR) is 70.0 cm³/mol. The maximum atomic E-state index is 11.4. The fraction of sp³-hybridized carbons (Fsp3) is 0.500. The van der Waals surface area contributed by atoms with E-state index in [4.69, 9.17) is 4.74 Å². The lowest BCUT2D eigenvalue weighted by molar-refractivity contribution is -0.142. The smallest absolute Gasteiger partial charge is 0.307 e. The summed E-state index contributed by atoms with van der Waals surface area (Å²) in [5.74, 6) is 1.21. The standard InChI is InChI=1S/C12H17N5O2/c1-4-19-11(18)5-6-16(3)10-7-9(2)15-12-13-8-14-17(10)12/h7-8H,4-6H2,1-3H3. The summed E-state index contributed by atoms with van der Waals surface area (Å²) < 4.78 is 6.56. The normalized spacial score (nSPS) is 10.7. The first-order valence-electron chi connectivity index (χ1n) is 6.16. The van der Waals surface area contributed by atoms with Crippen LogP contribution in [0.5, 0.6) is 0 Å². The van der Waals surface area contributed by atoms with E-state index in [1.165, 1.54) is 6.33 Å². The fourth-order valence-electron chi connectivity index (χ4n) is 1.79. The van der Waals surface area contributed by atoms with Crippen LogP contribution in [0.2, 0.25) is 0 Å². The van der Waals surface area contributed by atoms with E-state index < -0.39 is 0 Å². The van der Waals surface area contributed by atoms with Crippen molar-refractivity contribution < 1.29 is 9.53 Å². The Bertz CT molecular complexity index is 581. The number of ether oxygens (including phenoxy) is 1. The van der Waals surface area contributed by atoms with Crippen LogP contribution >= 0.6 is 0 Å². The highest BCUT2D eigenvalue weighted by Crippen LogP contribution is 2.14. The molecule has 2 aromatic rings. The van der Waals surface area contributed by atoms with E-state index in [1.54, 1.807) is 11.4 Å². The van der Waals surface area contributed by atoms with E-state index in [2.05, 4.69) is 15.1 Å². The average Bonchev–Trinajstić information content (AvgIpc) is 2.83. The van der Waals surface area contributed by atoms with Crippen LogP contribution in [0.25, 0.3) is 5.78 Å². The summed E-state index contributed by atoms with van der Waals surface area (Å²) in [6.45, 7) is 4.66. The molecule has 19 heavy (non-hydrogen) atoms. The molecule has 2 aromatic heterocycles. The maximum absolute atomic E-state index is 11.4. The van der Waals surface area contributed by atoms with E-state index in [1.807, 2.05) is 24.9 Å². The van der Waals surface area contributed by atoms with E-state index in [-0.39, 0.29) is 5.97 Å². The molecule has 0 atom stereocenters. The lowest BCUT2D eigenvalue weighted by Crippen LogP contribution is -2.24. The molecule has 2 rings (SSSR count). The van der Waals surface area contributed by atoms with Crippen LogP contribution in [0.3, 0.4) is 0 Å². The van der Waals surface area contributed by atoms with Crippen molar-refractivity contribution in [3.8, 4) is 0 Å². The maximum Gasteiger partial charge on any atom is 0.307 e. The minimum Gasteiger partial charge on any atom is -0.466 e. The van der Waals surface area contributed by atoms with Crippen molar-refractivity contribution in [3.63, 3.8) is 0 Å². The molecule has 0 aromatic carbocycles. The molecule has 7 heteroatoms. The summed E-state index contributed by atoms with van der Waals surface area (Å²) in [5, 5.41) is 4.13. The molecular weight excluding hydrogens is 246 g/mol. The largest absolute Gasteiger partial charge is 0.466 e. The monoisotopic (exact) mass is 263 g/mol. The number of esters is 1. The van der Waals surface area contributed by atoms with Crippen molar-refractivity contribution in [2.45, 2.75) is 20.3 Å². The molecule has 0 aliphatic carbocycles. The van der Waals surface area contributed by atoms with Gasteiger partial charge in [0.25, 0.3) is 5.78 Å². The number of nitrogens with zero attached hydrogens (tertiary/aromatic N) is 5. The summed E-state index contributed by atoms with van der Waals surface area (Å²) in [5.41, 5.74) is 0.860. The van der Waals surface area contributed by atoms with E-state index in [0.29, 0.717) is 25.4 Å². The number of aromatic nitrogens is 4. The number of anilines is 1. The number of carbonyl (C=O) groups is 1. The SMILES string of the molecule is CCOC(=O)CCN(C)c1cc(C)nc2ncnn12. The molecule has 0 aliphatic heterocycles. The third-order valence-electron chi connectivity index (χ3n) is 2.71. The van der Waals surface area contributed by atoms with Crippen LogP contribution in [0.1, 0.15) is 19.0 Å². The summed E-state index contributed by atoms with van der Waals surface area (Å²) >= 11 is 0. The highest BCUT2D eigenvalue weighted by atomic mass is 16.5. The van der Waals surface area contributed by atoms with Crippen LogP contribution in [-0.2, 0) is 9.53 Å². The molecule has 0 bridgehead atoms. The Kier molecular flexibility index (Phi) is 3.94. The Hall–Kier alpha value is -2.18. The molecule has 0 spiro atoms. The topological polar surface area (TPSA) is 72.6 Å². The highest BCUT2D eigenvalue weighted by molar-refractivity contribution is 5.70. The molecule has 2 heterocycles. The number of hydrogen-bond donors (Lipinski definition) is 0. The Morgan fingerprint density at radius 3 is 3.05 bits per heavy atom. The number of carbonyl (C=O) groups excluding carboxylic acids is 1. The van der Waals surface area contributed by atoms with Gasteiger partial charge in [0.15, 0.2) is 0 Å². The van der Waals surface area contributed by atoms with E-state index >= 15 is 0 Å². The molecule has 7 nitrogen and oxygen atoms in total.